The Morgan fingerprint density at radius 3 is 2.50 bits per heavy atom. The second-order valence-corrected chi connectivity index (χ2v) is 9.08. The van der Waals surface area contributed by atoms with Crippen molar-refractivity contribution < 1.29 is 23.0 Å². The summed E-state index contributed by atoms with van der Waals surface area (Å²) in [7, 11) is 1.46. The predicted octanol–water partition coefficient (Wildman–Crippen LogP) is 5.60. The Hall–Kier alpha value is -3.78. The van der Waals surface area contributed by atoms with Crippen molar-refractivity contribution in [3.05, 3.63) is 90.1 Å². The molecule has 36 heavy (non-hydrogen) atoms. The summed E-state index contributed by atoms with van der Waals surface area (Å²) in [5.74, 6) is -0.185. The second-order valence-electron chi connectivity index (χ2n) is 9.08. The minimum absolute atomic E-state index is 0.0843. The van der Waals surface area contributed by atoms with Crippen molar-refractivity contribution in [1.82, 2.24) is 15.1 Å². The van der Waals surface area contributed by atoms with Gasteiger partial charge in [0.15, 0.2) is 0 Å². The Morgan fingerprint density at radius 1 is 1.03 bits per heavy atom. The quantitative estimate of drug-likeness (QED) is 0.312. The fraction of sp³-hybridized carbons (Fsp3) is 0.286. The molecule has 2 atom stereocenters. The monoisotopic (exact) mass is 493 g/mol. The second kappa shape index (κ2) is 11.3. The molecule has 0 saturated carbocycles. The van der Waals surface area contributed by atoms with Gasteiger partial charge in [-0.05, 0) is 72.5 Å². The molecule has 0 fully saturated rings. The topological polar surface area (TPSA) is 65.4 Å². The molecule has 188 valence electrons. The molecular formula is C28H29F2N3O3. The molecule has 8 heteroatoms. The molecule has 3 aromatic carbocycles. The number of amides is 1. The van der Waals surface area contributed by atoms with Crippen LogP contribution in [0.5, 0.6) is 5.75 Å². The van der Waals surface area contributed by atoms with Crippen LogP contribution in [-0.2, 0) is 9.53 Å². The van der Waals surface area contributed by atoms with E-state index < -0.39 is 12.1 Å². The first-order chi connectivity index (χ1) is 17.3. The number of halogens is 2. The minimum atomic E-state index is -0.645. The maximum absolute atomic E-state index is 14.2. The van der Waals surface area contributed by atoms with Crippen LogP contribution in [0.1, 0.15) is 31.9 Å². The van der Waals surface area contributed by atoms with Gasteiger partial charge in [-0.15, -0.1) is 0 Å². The zero-order valence-corrected chi connectivity index (χ0v) is 20.4. The van der Waals surface area contributed by atoms with Gasteiger partial charge < -0.3 is 14.8 Å². The summed E-state index contributed by atoms with van der Waals surface area (Å²) < 4.78 is 40.6. The van der Waals surface area contributed by atoms with Crippen molar-refractivity contribution in [2.75, 3.05) is 13.7 Å². The van der Waals surface area contributed by atoms with Crippen molar-refractivity contribution in [3.8, 4) is 11.4 Å². The molecule has 4 aromatic rings. The smallest absolute Gasteiger partial charge is 0.246 e. The Balaban J connectivity index is 1.68. The number of carbonyl (C=O) groups excluding carboxylic acids is 1. The van der Waals surface area contributed by atoms with E-state index in [4.69, 9.17) is 9.47 Å². The number of nitrogens with zero attached hydrogens (tertiary/aromatic N) is 2. The molecular weight excluding hydrogens is 464 g/mol. The van der Waals surface area contributed by atoms with Gasteiger partial charge in [0.05, 0.1) is 23.4 Å². The van der Waals surface area contributed by atoms with Crippen molar-refractivity contribution >= 4 is 16.8 Å². The van der Waals surface area contributed by atoms with Crippen LogP contribution in [0.2, 0.25) is 0 Å². The van der Waals surface area contributed by atoms with Crippen LogP contribution >= 0.6 is 0 Å². The molecule has 0 unspecified atom stereocenters. The molecule has 0 bridgehead atoms. The molecule has 1 aromatic heterocycles. The average molecular weight is 494 g/mol. The molecule has 0 aliphatic heterocycles. The Bertz CT molecular complexity index is 1320. The van der Waals surface area contributed by atoms with Crippen LogP contribution in [0.25, 0.3) is 16.6 Å². The van der Waals surface area contributed by atoms with E-state index in [1.165, 1.54) is 31.4 Å². The van der Waals surface area contributed by atoms with E-state index in [-0.39, 0.29) is 30.1 Å². The number of fused-ring (bicyclic) bond motifs is 1. The summed E-state index contributed by atoms with van der Waals surface area (Å²) >= 11 is 0. The lowest BCUT2D eigenvalue weighted by Crippen LogP contribution is -2.43. The highest BCUT2D eigenvalue weighted by Crippen LogP contribution is 2.31. The first-order valence-corrected chi connectivity index (χ1v) is 11.8. The largest absolute Gasteiger partial charge is 0.484 e. The van der Waals surface area contributed by atoms with Crippen molar-refractivity contribution in [2.45, 2.75) is 32.4 Å². The molecule has 0 saturated heterocycles. The Labute approximate surface area is 208 Å². The summed E-state index contributed by atoms with van der Waals surface area (Å²) in [5.41, 5.74) is 2.17. The van der Waals surface area contributed by atoms with Gasteiger partial charge in [0.2, 0.25) is 5.91 Å². The third-order valence-corrected chi connectivity index (χ3v) is 5.76. The summed E-state index contributed by atoms with van der Waals surface area (Å²) in [5, 5.41) is 8.25. The normalized spacial score (nSPS) is 13.1. The molecule has 0 aliphatic rings. The lowest BCUT2D eigenvalue weighted by atomic mass is 9.94. The van der Waals surface area contributed by atoms with Gasteiger partial charge in [-0.25, -0.2) is 13.5 Å². The molecule has 1 N–H and O–H groups in total. The van der Waals surface area contributed by atoms with Crippen molar-refractivity contribution in [3.63, 3.8) is 0 Å². The van der Waals surface area contributed by atoms with E-state index >= 15 is 0 Å². The zero-order valence-electron chi connectivity index (χ0n) is 20.4. The van der Waals surface area contributed by atoms with Gasteiger partial charge in [0.1, 0.15) is 30.1 Å². The number of carbonyl (C=O) groups is 1. The SMILES string of the molecule is COCC(=O)N[C@@H](CC(C)C)[C@H](Oc1ccc2c(cnn2-c2ccc(F)cc2)c1)c1cccc(F)c1. The molecule has 0 spiro atoms. The summed E-state index contributed by atoms with van der Waals surface area (Å²) in [6.07, 6.45) is 1.67. The zero-order chi connectivity index (χ0) is 25.7. The maximum Gasteiger partial charge on any atom is 0.246 e. The van der Waals surface area contributed by atoms with E-state index in [2.05, 4.69) is 10.4 Å². The number of methoxy groups -OCH3 is 1. The Kier molecular flexibility index (Phi) is 7.95. The highest BCUT2D eigenvalue weighted by molar-refractivity contribution is 5.82. The third-order valence-electron chi connectivity index (χ3n) is 5.76. The van der Waals surface area contributed by atoms with E-state index in [0.717, 1.165) is 16.6 Å². The maximum atomic E-state index is 14.2. The molecule has 1 heterocycles. The first-order valence-electron chi connectivity index (χ1n) is 11.8. The number of ether oxygens (including phenoxy) is 2. The molecule has 0 aliphatic carbocycles. The highest BCUT2D eigenvalue weighted by atomic mass is 19.1. The minimum Gasteiger partial charge on any atom is -0.484 e. The number of nitrogens with one attached hydrogen (secondary N) is 1. The summed E-state index contributed by atoms with van der Waals surface area (Å²) in [6.45, 7) is 4.01. The first kappa shape index (κ1) is 25.3. The number of benzene rings is 3. The number of hydrogen-bond acceptors (Lipinski definition) is 4. The van der Waals surface area contributed by atoms with Gasteiger partial charge in [-0.2, -0.15) is 5.10 Å². The highest BCUT2D eigenvalue weighted by Gasteiger charge is 2.28. The van der Waals surface area contributed by atoms with Crippen LogP contribution in [0.4, 0.5) is 8.78 Å². The Morgan fingerprint density at radius 2 is 1.81 bits per heavy atom. The van der Waals surface area contributed by atoms with Crippen LogP contribution in [0.3, 0.4) is 0 Å². The van der Waals surface area contributed by atoms with Crippen molar-refractivity contribution in [2.24, 2.45) is 5.92 Å². The van der Waals surface area contributed by atoms with Gasteiger partial charge in [-0.1, -0.05) is 26.0 Å². The number of aromatic nitrogens is 2. The van der Waals surface area contributed by atoms with E-state index in [1.54, 1.807) is 41.2 Å². The average Bonchev–Trinajstić information content (AvgIpc) is 3.26. The molecule has 4 rings (SSSR count). The van der Waals surface area contributed by atoms with Crippen LogP contribution in [0.15, 0.2) is 72.9 Å². The van der Waals surface area contributed by atoms with E-state index in [1.807, 2.05) is 26.0 Å². The molecule has 6 nitrogen and oxygen atoms in total. The van der Waals surface area contributed by atoms with Crippen molar-refractivity contribution in [1.29, 1.82) is 0 Å². The standard InChI is InChI=1S/C28H29F2N3O3/c1-18(2)13-25(32-27(34)17-35-3)28(19-5-4-6-22(30)14-19)36-24-11-12-26-20(15-24)16-31-33(26)23-9-7-21(29)8-10-23/h4-12,14-16,18,25,28H,13,17H2,1-3H3,(H,32,34)/t25-,28+/m0/s1. The lowest BCUT2D eigenvalue weighted by Gasteiger charge is -2.30. The summed E-state index contributed by atoms with van der Waals surface area (Å²) in [4.78, 5) is 12.4. The van der Waals surface area contributed by atoms with Gasteiger partial charge >= 0.3 is 0 Å². The number of rotatable bonds is 10. The van der Waals surface area contributed by atoms with E-state index in [0.29, 0.717) is 17.7 Å². The third kappa shape index (κ3) is 6.07. The van der Waals surface area contributed by atoms with Gasteiger partial charge in [-0.3, -0.25) is 4.79 Å². The number of hydrogen-bond donors (Lipinski definition) is 1. The van der Waals surface area contributed by atoms with Gasteiger partial charge in [0, 0.05) is 12.5 Å². The fourth-order valence-electron chi connectivity index (χ4n) is 4.23. The van der Waals surface area contributed by atoms with Crippen LogP contribution in [0, 0.1) is 17.6 Å². The van der Waals surface area contributed by atoms with Gasteiger partial charge in [0.25, 0.3) is 0 Å². The van der Waals surface area contributed by atoms with Crippen LogP contribution < -0.4 is 10.1 Å². The molecule has 1 amide bonds. The summed E-state index contributed by atoms with van der Waals surface area (Å²) in [6, 6.07) is 17.4. The molecule has 0 radical (unpaired) electrons. The lowest BCUT2D eigenvalue weighted by molar-refractivity contribution is -0.126. The fourth-order valence-corrected chi connectivity index (χ4v) is 4.23. The van der Waals surface area contributed by atoms with Crippen LogP contribution in [-0.4, -0.2) is 35.4 Å². The predicted molar refractivity (Wildman–Crippen MR) is 134 cm³/mol. The van der Waals surface area contributed by atoms with E-state index in [9.17, 15) is 13.6 Å².